The van der Waals surface area contributed by atoms with E-state index in [4.69, 9.17) is 40.2 Å². The normalized spacial score (nSPS) is 14.3. The van der Waals surface area contributed by atoms with Crippen molar-refractivity contribution in [1.82, 2.24) is 0 Å². The number of thiocarbonyl (C=S) groups is 1. The molecule has 2 aliphatic rings. The Balaban J connectivity index is -0.000000364. The maximum absolute atomic E-state index is 7.50. The van der Waals surface area contributed by atoms with Gasteiger partial charge < -0.3 is 4.74 Å². The van der Waals surface area contributed by atoms with Gasteiger partial charge in [-0.3, -0.25) is 0 Å². The van der Waals surface area contributed by atoms with Crippen LogP contribution < -0.4 is 0 Å². The second-order valence-electron chi connectivity index (χ2n) is 5.34. The van der Waals surface area contributed by atoms with Crippen molar-refractivity contribution in [2.75, 3.05) is 7.11 Å². The van der Waals surface area contributed by atoms with Crippen molar-refractivity contribution in [2.45, 2.75) is 30.9 Å². The molecule has 1 fully saturated rings. The number of rotatable bonds is 5. The standard InChI is InChI=1S/C18H18OS4.5CO.Cr/c1-19-12-15-18(13-7-3-2-4-8-13)23-17(22-15)11-16(20)21-14-9-5-6-10-14;5*1-2;/h2-4,7-8,11,14H,5-6,9-10H2,1H3;;;;;;/b17-11+;;;;;;. The van der Waals surface area contributed by atoms with Gasteiger partial charge in [-0.1, -0.05) is 78.9 Å². The first-order chi connectivity index (χ1) is 16.3. The predicted octanol–water partition coefficient (Wildman–Crippen LogP) is 6.17. The van der Waals surface area contributed by atoms with Crippen molar-refractivity contribution in [1.29, 1.82) is 0 Å². The number of ether oxygens (including phenoxy) is 1. The Kier molecular flexibility index (Phi) is 35.6. The van der Waals surface area contributed by atoms with Crippen LogP contribution >= 0.6 is 47.5 Å². The molecule has 1 saturated carbocycles. The predicted molar refractivity (Wildman–Crippen MR) is 129 cm³/mol. The van der Waals surface area contributed by atoms with Crippen LogP contribution in [0.5, 0.6) is 0 Å². The molecule has 2 radical (unpaired) electrons. The van der Waals surface area contributed by atoms with Crippen LogP contribution in [0.2, 0.25) is 0 Å². The van der Waals surface area contributed by atoms with Gasteiger partial charge in [-0.25, -0.2) is 0 Å². The van der Waals surface area contributed by atoms with E-state index in [1.54, 1.807) is 30.6 Å². The fraction of sp³-hybridized carbons (Fsp3) is 0.261. The average Bonchev–Trinajstić information content (AvgIpc) is 3.56. The van der Waals surface area contributed by atoms with Crippen molar-refractivity contribution >= 4 is 56.6 Å². The Morgan fingerprint density at radius 2 is 1.47 bits per heavy atom. The Labute approximate surface area is 229 Å². The first kappa shape index (κ1) is 40.2. The maximum Gasteiger partial charge on any atom is 0 e. The third-order valence-electron chi connectivity index (χ3n) is 3.66. The van der Waals surface area contributed by atoms with Gasteiger partial charge in [0.1, 0.15) is 0 Å². The van der Waals surface area contributed by atoms with Crippen molar-refractivity contribution in [3.63, 3.8) is 0 Å². The fourth-order valence-electron chi connectivity index (χ4n) is 2.61. The minimum atomic E-state index is 0. The Morgan fingerprint density at radius 1 is 0.971 bits per heavy atom. The molecule has 1 heterocycles. The molecule has 0 unspecified atom stereocenters. The summed E-state index contributed by atoms with van der Waals surface area (Å²) in [4.78, 5) is 2.22. The van der Waals surface area contributed by atoms with E-state index in [1.165, 1.54) is 40.4 Å². The Bertz CT molecular complexity index is 804. The molecular formula is C23H18CrO6S4. The van der Waals surface area contributed by atoms with Crippen LogP contribution in [0.4, 0.5) is 0 Å². The summed E-state index contributed by atoms with van der Waals surface area (Å²) in [6, 6.07) is 10.4. The second-order valence-corrected chi connectivity index (χ2v) is 9.74. The number of benzene rings is 1. The minimum Gasteiger partial charge on any atom is 0 e. The quantitative estimate of drug-likeness (QED) is 0.182. The Morgan fingerprint density at radius 3 is 1.94 bits per heavy atom. The van der Waals surface area contributed by atoms with Crippen molar-refractivity contribution in [3.05, 3.63) is 91.0 Å². The second kappa shape index (κ2) is 30.1. The molecule has 0 N–H and O–H groups in total. The van der Waals surface area contributed by atoms with Gasteiger partial charge >= 0.3 is 56.5 Å². The first-order valence-electron chi connectivity index (χ1n) is 8.65. The SMILES string of the molecule is CO[C]C1=C(c2ccccc2)S/C(=C/C(=S)SC2CCCC2)S1.[C-]#[O+].[C-]#[O+].[C-]#[O+].[C-]#[O+].[C-]#[O+].[Cr]. The van der Waals surface area contributed by atoms with Gasteiger partial charge in [0.05, 0.1) is 8.43 Å². The van der Waals surface area contributed by atoms with Gasteiger partial charge in [0, 0.05) is 39.5 Å². The van der Waals surface area contributed by atoms with Crippen molar-refractivity contribution in [3.8, 4) is 0 Å². The van der Waals surface area contributed by atoms with Crippen LogP contribution in [0, 0.1) is 39.9 Å². The third kappa shape index (κ3) is 16.6. The zero-order valence-electron chi connectivity index (χ0n) is 17.9. The monoisotopic (exact) mass is 570 g/mol. The van der Waals surface area contributed by atoms with E-state index in [2.05, 4.69) is 70.2 Å². The zero-order valence-corrected chi connectivity index (χ0v) is 22.4. The summed E-state index contributed by atoms with van der Waals surface area (Å²) in [6.45, 7) is 25.5. The molecule has 0 bridgehead atoms. The van der Waals surface area contributed by atoms with E-state index in [-0.39, 0.29) is 17.4 Å². The summed E-state index contributed by atoms with van der Waals surface area (Å²) < 4.78 is 44.8. The fourth-order valence-corrected chi connectivity index (χ4v) is 6.92. The zero-order chi connectivity index (χ0) is 26.1. The molecule has 1 aliphatic heterocycles. The summed E-state index contributed by atoms with van der Waals surface area (Å²) in [6.07, 6.45) is 7.45. The van der Waals surface area contributed by atoms with E-state index >= 15 is 0 Å². The van der Waals surface area contributed by atoms with Gasteiger partial charge in [-0.05, 0) is 24.5 Å². The van der Waals surface area contributed by atoms with Crippen LogP contribution in [0.25, 0.3) is 4.91 Å². The van der Waals surface area contributed by atoms with Crippen LogP contribution in [0.15, 0.2) is 45.6 Å². The molecule has 176 valence electrons. The summed E-state index contributed by atoms with van der Waals surface area (Å²) in [5.41, 5.74) is 1.20. The van der Waals surface area contributed by atoms with Gasteiger partial charge in [0.25, 0.3) is 0 Å². The molecule has 0 aromatic heterocycles. The topological polar surface area (TPSA) is 109 Å². The number of thioether (sulfide) groups is 3. The number of methoxy groups -OCH3 is 1. The van der Waals surface area contributed by atoms with Gasteiger partial charge in [-0.2, -0.15) is 0 Å². The Hall–Kier alpha value is -0.968. The van der Waals surface area contributed by atoms with Crippen molar-refractivity contribution < 1.29 is 45.4 Å². The molecule has 0 amide bonds. The van der Waals surface area contributed by atoms with E-state index in [9.17, 15) is 0 Å². The van der Waals surface area contributed by atoms with E-state index in [0.717, 1.165) is 9.10 Å². The van der Waals surface area contributed by atoms with Crippen molar-refractivity contribution in [2.24, 2.45) is 0 Å². The maximum atomic E-state index is 7.50. The van der Waals surface area contributed by atoms with Crippen LogP contribution in [0.1, 0.15) is 31.2 Å². The van der Waals surface area contributed by atoms with E-state index in [0.29, 0.717) is 5.25 Å². The largest absolute Gasteiger partial charge is 0 e. The molecule has 1 aliphatic carbocycles. The minimum absolute atomic E-state index is 0. The molecule has 6 nitrogen and oxygen atoms in total. The molecule has 0 saturated heterocycles. The molecule has 0 atom stereocenters. The van der Waals surface area contributed by atoms with Gasteiger partial charge in [-0.15, -0.1) is 11.8 Å². The molecule has 34 heavy (non-hydrogen) atoms. The molecule has 0 spiro atoms. The first-order valence-corrected chi connectivity index (χ1v) is 11.6. The van der Waals surface area contributed by atoms with Crippen LogP contribution in [-0.2, 0) is 45.4 Å². The van der Waals surface area contributed by atoms with E-state index < -0.39 is 0 Å². The van der Waals surface area contributed by atoms with E-state index in [1.807, 2.05) is 17.8 Å². The molecular weight excluding hydrogens is 553 g/mol. The van der Waals surface area contributed by atoms with Gasteiger partial charge in [0.15, 0.2) is 6.61 Å². The summed E-state index contributed by atoms with van der Waals surface area (Å²) in [7, 11) is 1.64. The smallest absolute Gasteiger partial charge is 0 e. The number of hydrogen-bond donors (Lipinski definition) is 0. The molecule has 1 aromatic rings. The van der Waals surface area contributed by atoms with Gasteiger partial charge in [0.2, 0.25) is 0 Å². The summed E-state index contributed by atoms with van der Waals surface area (Å²) in [5, 5.41) is 0.717. The molecule has 3 rings (SSSR count). The summed E-state index contributed by atoms with van der Waals surface area (Å²) >= 11 is 10.9. The molecule has 11 heteroatoms. The van der Waals surface area contributed by atoms with Crippen LogP contribution in [-0.4, -0.2) is 16.6 Å². The summed E-state index contributed by atoms with van der Waals surface area (Å²) in [5.74, 6) is 0. The molecule has 1 aromatic carbocycles. The third-order valence-corrected chi connectivity index (χ3v) is 7.63. The average molecular weight is 571 g/mol. The number of hydrogen-bond acceptors (Lipinski definition) is 5. The van der Waals surface area contributed by atoms with Crippen LogP contribution in [0.3, 0.4) is 0 Å².